The summed E-state index contributed by atoms with van der Waals surface area (Å²) < 4.78 is 17.9. The molecule has 53 heavy (non-hydrogen) atoms. The molecular weight excluding hydrogens is 692 g/mol. The van der Waals surface area contributed by atoms with Crippen molar-refractivity contribution in [2.75, 3.05) is 6.54 Å². The Morgan fingerprint density at radius 2 is 1.55 bits per heavy atom. The summed E-state index contributed by atoms with van der Waals surface area (Å²) in [4.78, 5) is 46.8. The van der Waals surface area contributed by atoms with E-state index in [0.29, 0.717) is 35.7 Å². The van der Waals surface area contributed by atoms with Gasteiger partial charge in [0, 0.05) is 29.3 Å². The number of aromatic nitrogens is 4. The third-order valence-electron chi connectivity index (χ3n) is 10.7. The number of amides is 2. The number of H-pyrrole nitrogens is 2. The summed E-state index contributed by atoms with van der Waals surface area (Å²) in [5, 5.41) is 0.367. The van der Waals surface area contributed by atoms with Gasteiger partial charge in [0.1, 0.15) is 35.2 Å². The van der Waals surface area contributed by atoms with E-state index in [9.17, 15) is 9.59 Å². The van der Waals surface area contributed by atoms with E-state index in [0.717, 1.165) is 82.9 Å². The molecule has 4 aromatic rings. The lowest BCUT2D eigenvalue weighted by atomic mass is 9.86. The van der Waals surface area contributed by atoms with Crippen molar-refractivity contribution in [1.29, 1.82) is 0 Å². The Hall–Kier alpha value is -4.51. The van der Waals surface area contributed by atoms with Gasteiger partial charge < -0.3 is 24.2 Å². The largest absolute Gasteiger partial charge is 0.488 e. The van der Waals surface area contributed by atoms with Crippen LogP contribution in [0.25, 0.3) is 33.6 Å². The van der Waals surface area contributed by atoms with E-state index >= 15 is 0 Å². The molecule has 1 unspecified atom stereocenters. The molecule has 0 spiro atoms. The fraction of sp³-hybridized carbons (Fsp3) is 0.512. The Kier molecular flexibility index (Phi) is 8.59. The van der Waals surface area contributed by atoms with Crippen LogP contribution in [0.1, 0.15) is 115 Å². The minimum atomic E-state index is -0.588. The van der Waals surface area contributed by atoms with Crippen molar-refractivity contribution < 1.29 is 23.8 Å². The summed E-state index contributed by atoms with van der Waals surface area (Å²) in [6.07, 6.45) is 3.53. The lowest BCUT2D eigenvalue weighted by molar-refractivity contribution is 0.0150. The number of hydrogen-bond donors (Lipinski definition) is 2. The molecule has 3 aliphatic heterocycles. The summed E-state index contributed by atoms with van der Waals surface area (Å²) in [5.41, 5.74) is 8.06. The lowest BCUT2D eigenvalue weighted by Gasteiger charge is -2.30. The Labute approximate surface area is 315 Å². The first-order chi connectivity index (χ1) is 25.0. The van der Waals surface area contributed by atoms with Gasteiger partial charge in [-0.25, -0.2) is 19.6 Å². The first-order valence-electron chi connectivity index (χ1n) is 18.8. The number of benzene rings is 2. The molecule has 2 N–H and O–H groups in total. The van der Waals surface area contributed by atoms with Gasteiger partial charge in [-0.3, -0.25) is 9.80 Å². The molecule has 2 aromatic heterocycles. The van der Waals surface area contributed by atoms with Crippen molar-refractivity contribution in [1.82, 2.24) is 29.7 Å². The number of aryl methyl sites for hydroxylation is 2. The number of fused-ring (bicyclic) bond motifs is 6. The smallest absolute Gasteiger partial charge is 0.411 e. The Morgan fingerprint density at radius 3 is 2.30 bits per heavy atom. The number of rotatable bonds is 3. The molecule has 1 aliphatic carbocycles. The van der Waals surface area contributed by atoms with Crippen molar-refractivity contribution in [2.24, 2.45) is 5.92 Å². The van der Waals surface area contributed by atoms with Crippen molar-refractivity contribution in [3.63, 3.8) is 0 Å². The molecule has 4 aliphatic rings. The zero-order valence-corrected chi connectivity index (χ0v) is 32.6. The van der Waals surface area contributed by atoms with Crippen LogP contribution in [0.4, 0.5) is 9.59 Å². The van der Waals surface area contributed by atoms with Crippen LogP contribution >= 0.6 is 11.6 Å². The minimum absolute atomic E-state index is 0.0715. The van der Waals surface area contributed by atoms with E-state index in [-0.39, 0.29) is 30.3 Å². The highest BCUT2D eigenvalue weighted by Crippen LogP contribution is 2.46. The molecule has 0 bridgehead atoms. The fourth-order valence-corrected chi connectivity index (χ4v) is 8.59. The zero-order valence-electron chi connectivity index (χ0n) is 31.9. The number of hydrogen-bond acceptors (Lipinski definition) is 7. The molecule has 8 rings (SSSR count). The zero-order chi connectivity index (χ0) is 37.6. The topological polar surface area (TPSA) is 126 Å². The number of halogens is 1. The number of ether oxygens (including phenoxy) is 3. The predicted molar refractivity (Wildman–Crippen MR) is 203 cm³/mol. The first-order valence-corrected chi connectivity index (χ1v) is 19.2. The summed E-state index contributed by atoms with van der Waals surface area (Å²) in [5.74, 6) is 2.61. The van der Waals surface area contributed by atoms with Gasteiger partial charge in [-0.05, 0) is 121 Å². The number of imidazole rings is 2. The van der Waals surface area contributed by atoms with Crippen molar-refractivity contribution in [2.45, 2.75) is 123 Å². The van der Waals surface area contributed by atoms with E-state index in [1.165, 1.54) is 5.56 Å². The standard InChI is InChI=1S/C41H49ClN6O5/c1-21-15-31(47(19-21)38(49)52-40(3,4)5)37-44-33(35(42)46-37)24-10-12-26-25(16-24)20-51-32-18-27-23(17-28(26)32)11-13-29-34(27)45-36(43-29)30-14-9-22(2)48(30)39(50)53-41(6,7)8/h10,12,16-18,21-22,30-31H,9,11,13-15,19-20H2,1-8H3,(H,43,45)(H,44,46)/t21-,22?,30-,31-/m0/s1. The Morgan fingerprint density at radius 1 is 0.830 bits per heavy atom. The van der Waals surface area contributed by atoms with E-state index in [1.807, 2.05) is 46.4 Å². The fourth-order valence-electron chi connectivity index (χ4n) is 8.35. The quantitative estimate of drug-likeness (QED) is 0.214. The Bertz CT molecular complexity index is 2110. The second-order valence-electron chi connectivity index (χ2n) is 17.2. The lowest BCUT2D eigenvalue weighted by Crippen LogP contribution is -2.40. The van der Waals surface area contributed by atoms with Crippen molar-refractivity contribution >= 4 is 23.8 Å². The van der Waals surface area contributed by atoms with Gasteiger partial charge in [-0.1, -0.05) is 30.7 Å². The van der Waals surface area contributed by atoms with Crippen LogP contribution in [-0.4, -0.2) is 65.7 Å². The highest BCUT2D eigenvalue weighted by atomic mass is 35.5. The third-order valence-corrected chi connectivity index (χ3v) is 11.0. The van der Waals surface area contributed by atoms with E-state index in [2.05, 4.69) is 54.1 Å². The number of nitrogens with one attached hydrogen (secondary N) is 2. The first kappa shape index (κ1) is 35.5. The molecule has 0 radical (unpaired) electrons. The SMILES string of the molecule is CC1CC[C@@H](c2nc3c([nH]2)-c2cc4c(cc2CC3)-c2ccc(-c3[nH]c([C@@H]5C[C@H](C)CN5C(=O)OC(C)(C)C)nc3Cl)cc2CO4)N1C(=O)OC(C)(C)C. The average Bonchev–Trinajstić information content (AvgIpc) is 3.86. The van der Waals surface area contributed by atoms with Crippen molar-refractivity contribution in [3.05, 3.63) is 64.0 Å². The second-order valence-corrected chi connectivity index (χ2v) is 17.6. The molecule has 0 saturated carbocycles. The second kappa shape index (κ2) is 12.8. The molecule has 5 heterocycles. The number of carbonyl (C=O) groups is 2. The molecule has 12 heteroatoms. The van der Waals surface area contributed by atoms with Crippen LogP contribution in [0.15, 0.2) is 30.3 Å². The molecule has 2 amide bonds. The number of likely N-dealkylation sites (tertiary alicyclic amines) is 2. The monoisotopic (exact) mass is 740 g/mol. The van der Waals surface area contributed by atoms with Gasteiger partial charge in [0.15, 0.2) is 5.15 Å². The maximum atomic E-state index is 13.2. The normalized spacial score (nSPS) is 22.1. The van der Waals surface area contributed by atoms with E-state index < -0.39 is 11.2 Å². The minimum Gasteiger partial charge on any atom is -0.488 e. The van der Waals surface area contributed by atoms with E-state index in [4.69, 9.17) is 35.8 Å². The molecule has 2 fully saturated rings. The molecule has 2 aromatic carbocycles. The molecule has 280 valence electrons. The number of carbonyl (C=O) groups excluding carboxylic acids is 2. The predicted octanol–water partition coefficient (Wildman–Crippen LogP) is 9.56. The van der Waals surface area contributed by atoms with Gasteiger partial charge >= 0.3 is 12.2 Å². The van der Waals surface area contributed by atoms with Gasteiger partial charge in [0.2, 0.25) is 0 Å². The van der Waals surface area contributed by atoms with E-state index in [1.54, 1.807) is 4.90 Å². The highest BCUT2D eigenvalue weighted by Gasteiger charge is 2.41. The van der Waals surface area contributed by atoms with Crippen LogP contribution in [0.5, 0.6) is 5.75 Å². The van der Waals surface area contributed by atoms with Crippen LogP contribution in [0.2, 0.25) is 5.15 Å². The molecule has 11 nitrogen and oxygen atoms in total. The number of aromatic amines is 2. The van der Waals surface area contributed by atoms with Gasteiger partial charge in [0.05, 0.1) is 29.2 Å². The van der Waals surface area contributed by atoms with Crippen molar-refractivity contribution in [3.8, 4) is 39.4 Å². The average molecular weight is 741 g/mol. The molecular formula is C41H49ClN6O5. The molecule has 4 atom stereocenters. The summed E-state index contributed by atoms with van der Waals surface area (Å²) >= 11 is 6.77. The van der Waals surface area contributed by atoms with Gasteiger partial charge in [0.25, 0.3) is 0 Å². The third kappa shape index (κ3) is 6.66. The van der Waals surface area contributed by atoms with Crippen LogP contribution < -0.4 is 4.74 Å². The summed E-state index contributed by atoms with van der Waals surface area (Å²) in [6, 6.07) is 10.4. The molecule has 2 saturated heterocycles. The van der Waals surface area contributed by atoms with Crippen LogP contribution in [-0.2, 0) is 28.9 Å². The maximum Gasteiger partial charge on any atom is 0.411 e. The van der Waals surface area contributed by atoms with Crippen LogP contribution in [0, 0.1) is 5.92 Å². The van der Waals surface area contributed by atoms with Crippen LogP contribution in [0.3, 0.4) is 0 Å². The number of nitrogens with zero attached hydrogens (tertiary/aromatic N) is 4. The summed E-state index contributed by atoms with van der Waals surface area (Å²) in [6.45, 7) is 16.5. The highest BCUT2D eigenvalue weighted by molar-refractivity contribution is 6.32. The van der Waals surface area contributed by atoms with Gasteiger partial charge in [-0.15, -0.1) is 0 Å². The Balaban J connectivity index is 1.05. The summed E-state index contributed by atoms with van der Waals surface area (Å²) in [7, 11) is 0. The van der Waals surface area contributed by atoms with Gasteiger partial charge in [-0.2, -0.15) is 0 Å². The maximum absolute atomic E-state index is 13.2.